The second-order valence-electron chi connectivity index (χ2n) is 13.3. The first-order chi connectivity index (χ1) is 21.5. The van der Waals surface area contributed by atoms with Crippen LogP contribution in [0.25, 0.3) is 11.1 Å². The summed E-state index contributed by atoms with van der Waals surface area (Å²) in [4.78, 5) is 61.2. The standard InChI is InChI=1S/C36H38N2O6/c1-2-36-29(22-13-7-4-8-14-22)25(21-11-5-3-6-12-21)26(27-30(36)34(41)37(32(27)39)19-23-15-9-17-43-23)28-31(36)35(42)38(33(28)40)20-24-16-10-18-44-24/h3-8,11-14,23-24,26-28,30-31H,2,9-10,15-20H2,1H3/t23-,24-,26?,27-,28+,30+,31+,36?/m0/s1. The van der Waals surface area contributed by atoms with Crippen molar-refractivity contribution in [1.29, 1.82) is 0 Å². The number of benzene rings is 2. The number of imide groups is 2. The minimum absolute atomic E-state index is 0.182. The zero-order valence-electron chi connectivity index (χ0n) is 25.0. The fourth-order valence-corrected chi connectivity index (χ4v) is 9.76. The van der Waals surface area contributed by atoms with Crippen molar-refractivity contribution in [3.8, 4) is 0 Å². The van der Waals surface area contributed by atoms with E-state index >= 15 is 0 Å². The number of hydrogen-bond donors (Lipinski definition) is 0. The molecule has 4 aliphatic heterocycles. The molecule has 44 heavy (non-hydrogen) atoms. The molecule has 0 spiro atoms. The lowest BCUT2D eigenvalue weighted by molar-refractivity contribution is -0.146. The van der Waals surface area contributed by atoms with E-state index in [1.165, 1.54) is 9.80 Å². The number of carbonyl (C=O) groups is 4. The molecule has 0 radical (unpaired) electrons. The molecule has 3 aliphatic carbocycles. The van der Waals surface area contributed by atoms with Crippen molar-refractivity contribution >= 4 is 34.8 Å². The predicted molar refractivity (Wildman–Crippen MR) is 161 cm³/mol. The molecule has 2 unspecified atom stereocenters. The number of hydrogen-bond acceptors (Lipinski definition) is 6. The van der Waals surface area contributed by atoms with Gasteiger partial charge in [-0.15, -0.1) is 0 Å². The van der Waals surface area contributed by atoms with Crippen molar-refractivity contribution < 1.29 is 28.7 Å². The molecule has 228 valence electrons. The number of amides is 4. The van der Waals surface area contributed by atoms with Crippen molar-refractivity contribution in [3.63, 3.8) is 0 Å². The summed E-state index contributed by atoms with van der Waals surface area (Å²) < 4.78 is 11.7. The molecule has 1 saturated carbocycles. The molecule has 7 aliphatic rings. The molecule has 4 heterocycles. The van der Waals surface area contributed by atoms with E-state index in [4.69, 9.17) is 9.47 Å². The van der Waals surface area contributed by atoms with Crippen LogP contribution in [0.1, 0.15) is 50.2 Å². The average molecular weight is 595 g/mol. The Bertz CT molecular complexity index is 1480. The van der Waals surface area contributed by atoms with Gasteiger partial charge in [0, 0.05) is 24.5 Å². The van der Waals surface area contributed by atoms with Gasteiger partial charge in [-0.2, -0.15) is 0 Å². The van der Waals surface area contributed by atoms with Gasteiger partial charge >= 0.3 is 0 Å². The van der Waals surface area contributed by atoms with Crippen LogP contribution in [0.15, 0.2) is 60.7 Å². The summed E-state index contributed by atoms with van der Waals surface area (Å²) in [6.45, 7) is 3.72. The van der Waals surface area contributed by atoms with Gasteiger partial charge in [0.05, 0.1) is 49.0 Å². The van der Waals surface area contributed by atoms with Crippen molar-refractivity contribution in [3.05, 3.63) is 71.8 Å². The van der Waals surface area contributed by atoms with Gasteiger partial charge in [-0.3, -0.25) is 29.0 Å². The lowest BCUT2D eigenvalue weighted by Crippen LogP contribution is -2.60. The second kappa shape index (κ2) is 10.5. The third kappa shape index (κ3) is 3.76. The molecule has 4 amide bonds. The molecule has 9 rings (SSSR count). The Balaban J connectivity index is 1.36. The van der Waals surface area contributed by atoms with Gasteiger partial charge in [0.2, 0.25) is 23.6 Å². The highest BCUT2D eigenvalue weighted by Gasteiger charge is 2.77. The van der Waals surface area contributed by atoms with Crippen LogP contribution in [0.2, 0.25) is 0 Å². The lowest BCUT2D eigenvalue weighted by atomic mass is 9.40. The van der Waals surface area contributed by atoms with Crippen LogP contribution in [0.3, 0.4) is 0 Å². The number of nitrogens with zero attached hydrogens (tertiary/aromatic N) is 2. The Hall–Kier alpha value is -3.62. The molecule has 0 aromatic heterocycles. The molecular formula is C36H38N2O6. The molecule has 8 heteroatoms. The molecule has 2 aromatic rings. The Labute approximate surface area is 257 Å². The summed E-state index contributed by atoms with van der Waals surface area (Å²) >= 11 is 0. The minimum Gasteiger partial charge on any atom is -0.376 e. The first kappa shape index (κ1) is 27.9. The largest absolute Gasteiger partial charge is 0.376 e. The monoisotopic (exact) mass is 594 g/mol. The summed E-state index contributed by atoms with van der Waals surface area (Å²) in [5.74, 6) is -4.39. The number of allylic oxidation sites excluding steroid dienone is 2. The molecule has 4 saturated heterocycles. The maximum absolute atomic E-state index is 14.6. The van der Waals surface area contributed by atoms with E-state index in [1.807, 2.05) is 67.6 Å². The maximum atomic E-state index is 14.6. The van der Waals surface area contributed by atoms with Crippen molar-refractivity contribution in [2.45, 2.75) is 51.2 Å². The molecular weight excluding hydrogens is 556 g/mol. The highest BCUT2D eigenvalue weighted by Crippen LogP contribution is 2.73. The quantitative estimate of drug-likeness (QED) is 0.447. The van der Waals surface area contributed by atoms with E-state index < -0.39 is 35.0 Å². The normalized spacial score (nSPS) is 36.2. The fraction of sp³-hybridized carbons (Fsp3) is 0.500. The number of likely N-dealkylation sites (tertiary alicyclic amines) is 2. The van der Waals surface area contributed by atoms with Gasteiger partial charge < -0.3 is 9.47 Å². The summed E-state index contributed by atoms with van der Waals surface area (Å²) in [7, 11) is 0. The number of ether oxygens (including phenoxy) is 2. The van der Waals surface area contributed by atoms with E-state index in [0.29, 0.717) is 19.6 Å². The van der Waals surface area contributed by atoms with E-state index in [-0.39, 0.29) is 48.9 Å². The Morgan fingerprint density at radius 2 is 1.14 bits per heavy atom. The highest BCUT2D eigenvalue weighted by atomic mass is 16.5. The van der Waals surface area contributed by atoms with E-state index in [9.17, 15) is 19.2 Å². The lowest BCUT2D eigenvalue weighted by Gasteiger charge is -2.59. The predicted octanol–water partition coefficient (Wildman–Crippen LogP) is 4.20. The van der Waals surface area contributed by atoms with E-state index in [2.05, 4.69) is 0 Å². The Morgan fingerprint density at radius 1 is 0.659 bits per heavy atom. The fourth-order valence-electron chi connectivity index (χ4n) is 9.76. The van der Waals surface area contributed by atoms with Crippen molar-refractivity contribution in [2.75, 3.05) is 26.3 Å². The van der Waals surface area contributed by atoms with Crippen LogP contribution < -0.4 is 0 Å². The first-order valence-corrected chi connectivity index (χ1v) is 16.3. The maximum Gasteiger partial charge on any atom is 0.234 e. The Kier molecular flexibility index (Phi) is 6.65. The van der Waals surface area contributed by atoms with Crippen LogP contribution in [-0.4, -0.2) is 71.9 Å². The summed E-state index contributed by atoms with van der Waals surface area (Å²) in [5, 5.41) is 0. The highest BCUT2D eigenvalue weighted by molar-refractivity contribution is 6.17. The van der Waals surface area contributed by atoms with Gasteiger partial charge in [-0.05, 0) is 54.4 Å². The van der Waals surface area contributed by atoms with Gasteiger partial charge in [0.1, 0.15) is 0 Å². The van der Waals surface area contributed by atoms with Gasteiger partial charge in [-0.25, -0.2) is 0 Å². The van der Waals surface area contributed by atoms with Crippen molar-refractivity contribution in [2.24, 2.45) is 35.0 Å². The molecule has 5 fully saturated rings. The van der Waals surface area contributed by atoms with E-state index in [1.54, 1.807) is 0 Å². The zero-order valence-corrected chi connectivity index (χ0v) is 25.0. The second-order valence-corrected chi connectivity index (χ2v) is 13.3. The third-order valence-electron chi connectivity index (χ3n) is 11.4. The SMILES string of the molecule is CCC12C(c3ccccc3)=C(c3ccccc3)C([C@H]3C(=O)N(C[C@@H]4CCCO4)C(=O)[C@@H]31)[C@@H]1C(=O)N(C[C@@H]3CCCO3)C(=O)[C@@H]12. The molecule has 8 nitrogen and oxygen atoms in total. The van der Waals surface area contributed by atoms with Gasteiger partial charge in [0.15, 0.2) is 0 Å². The number of rotatable bonds is 7. The van der Waals surface area contributed by atoms with Gasteiger partial charge in [0.25, 0.3) is 0 Å². The smallest absolute Gasteiger partial charge is 0.234 e. The summed E-state index contributed by atoms with van der Waals surface area (Å²) in [6.07, 6.45) is 3.50. The minimum atomic E-state index is -1.04. The van der Waals surface area contributed by atoms with Crippen molar-refractivity contribution in [1.82, 2.24) is 9.80 Å². The zero-order chi connectivity index (χ0) is 30.2. The van der Waals surface area contributed by atoms with Crippen LogP contribution in [0.5, 0.6) is 0 Å². The summed E-state index contributed by atoms with van der Waals surface area (Å²) in [6, 6.07) is 19.9. The first-order valence-electron chi connectivity index (χ1n) is 16.3. The Morgan fingerprint density at radius 3 is 1.57 bits per heavy atom. The van der Waals surface area contributed by atoms with Gasteiger partial charge in [-0.1, -0.05) is 67.6 Å². The topological polar surface area (TPSA) is 93.2 Å². The molecule has 2 bridgehead atoms. The number of carbonyl (C=O) groups excluding carboxylic acids is 4. The summed E-state index contributed by atoms with van der Waals surface area (Å²) in [5.41, 5.74) is 2.71. The third-order valence-corrected chi connectivity index (χ3v) is 11.4. The van der Waals surface area contributed by atoms with Crippen LogP contribution in [-0.2, 0) is 28.7 Å². The molecule has 0 N–H and O–H groups in total. The molecule has 8 atom stereocenters. The molecule has 2 aromatic carbocycles. The van der Waals surface area contributed by atoms with E-state index in [0.717, 1.165) is 48.0 Å². The van der Waals surface area contributed by atoms with Crippen LogP contribution in [0.4, 0.5) is 0 Å². The van der Waals surface area contributed by atoms with Crippen LogP contribution in [0, 0.1) is 35.0 Å². The average Bonchev–Trinajstić information content (AvgIpc) is 3.86. The van der Waals surface area contributed by atoms with Crippen LogP contribution >= 0.6 is 0 Å².